The molecule has 17 heavy (non-hydrogen) atoms. The third kappa shape index (κ3) is 3.64. The van der Waals surface area contributed by atoms with Crippen molar-refractivity contribution < 1.29 is 13.3 Å². The second kappa shape index (κ2) is 5.97. The predicted molar refractivity (Wildman–Crippen MR) is 76.1 cm³/mol. The Kier molecular flexibility index (Phi) is 5.40. The molecule has 0 unspecified atom stereocenters. The molecule has 1 aliphatic carbocycles. The van der Waals surface area contributed by atoms with Gasteiger partial charge in [-0.1, -0.05) is 19.6 Å². The number of hydrogen-bond donors (Lipinski definition) is 0. The lowest BCUT2D eigenvalue weighted by Crippen LogP contribution is -2.47. The lowest BCUT2D eigenvalue weighted by atomic mass is 10.9. The molecule has 0 aliphatic heterocycles. The summed E-state index contributed by atoms with van der Waals surface area (Å²) < 4.78 is 17.9. The molecule has 0 aromatic carbocycles. The Labute approximate surface area is 108 Å². The van der Waals surface area contributed by atoms with Crippen LogP contribution in [0.1, 0.15) is 27.2 Å². The smallest absolute Gasteiger partial charge is 0.374 e. The number of rotatable bonds is 8. The van der Waals surface area contributed by atoms with Gasteiger partial charge in [-0.05, 0) is 32.7 Å². The summed E-state index contributed by atoms with van der Waals surface area (Å²) in [5.74, 6) is 0. The Hall–Kier alpha value is 0.314. The molecule has 0 amide bonds. The fraction of sp³-hybridized carbons (Fsp3) is 1.00. The van der Waals surface area contributed by atoms with Crippen molar-refractivity contribution in [1.29, 1.82) is 0 Å². The van der Waals surface area contributed by atoms with Crippen LogP contribution in [-0.4, -0.2) is 36.7 Å². The van der Waals surface area contributed by atoms with Crippen molar-refractivity contribution in [3.05, 3.63) is 0 Å². The molecule has 3 nitrogen and oxygen atoms in total. The monoisotopic (exact) mass is 276 g/mol. The van der Waals surface area contributed by atoms with Crippen LogP contribution in [0.25, 0.3) is 0 Å². The Bertz CT molecular complexity index is 223. The molecule has 0 aromatic heterocycles. The summed E-state index contributed by atoms with van der Waals surface area (Å²) in [6.45, 7) is 15.5. The lowest BCUT2D eigenvalue weighted by molar-refractivity contribution is 0.0694. The van der Waals surface area contributed by atoms with E-state index in [2.05, 4.69) is 19.6 Å². The summed E-state index contributed by atoms with van der Waals surface area (Å²) in [5.41, 5.74) is 1.38. The maximum absolute atomic E-state index is 5.98. The average Bonchev–Trinajstić information content (AvgIpc) is 2.97. The van der Waals surface area contributed by atoms with Crippen molar-refractivity contribution in [1.82, 2.24) is 0 Å². The standard InChI is InChI=1S/C12H28O3Si2/c1-7-13-17(14-8-2,15-9-3)12-10-11(12)16(4,5)6/h11-12H,7-10H2,1-6H3/t11-,12-/m0/s1. The highest BCUT2D eigenvalue weighted by atomic mass is 28.4. The molecule has 5 heteroatoms. The molecule has 0 saturated heterocycles. The van der Waals surface area contributed by atoms with E-state index < -0.39 is 16.9 Å². The molecule has 1 aliphatic rings. The van der Waals surface area contributed by atoms with Gasteiger partial charge in [0.1, 0.15) is 0 Å². The van der Waals surface area contributed by atoms with Gasteiger partial charge in [0.15, 0.2) is 0 Å². The van der Waals surface area contributed by atoms with Crippen LogP contribution in [0.3, 0.4) is 0 Å². The predicted octanol–water partition coefficient (Wildman–Crippen LogP) is 3.52. The largest absolute Gasteiger partial charge is 0.504 e. The first-order valence-corrected chi connectivity index (χ1v) is 12.2. The zero-order chi connectivity index (χ0) is 13.1. The highest BCUT2D eigenvalue weighted by Crippen LogP contribution is 2.62. The maximum Gasteiger partial charge on any atom is 0.504 e. The van der Waals surface area contributed by atoms with Crippen LogP contribution < -0.4 is 0 Å². The first-order chi connectivity index (χ1) is 7.91. The Balaban J connectivity index is 2.76. The molecular weight excluding hydrogens is 248 g/mol. The van der Waals surface area contributed by atoms with Gasteiger partial charge in [-0.25, -0.2) is 0 Å². The topological polar surface area (TPSA) is 27.7 Å². The molecule has 2 atom stereocenters. The Morgan fingerprint density at radius 1 is 0.824 bits per heavy atom. The van der Waals surface area contributed by atoms with E-state index in [1.807, 2.05) is 20.8 Å². The fourth-order valence-corrected chi connectivity index (χ4v) is 10.2. The molecule has 0 aromatic rings. The Morgan fingerprint density at radius 2 is 1.24 bits per heavy atom. The van der Waals surface area contributed by atoms with Crippen LogP contribution in [0.2, 0.25) is 30.7 Å². The molecule has 0 spiro atoms. The van der Waals surface area contributed by atoms with Crippen LogP contribution in [0.5, 0.6) is 0 Å². The summed E-state index contributed by atoms with van der Waals surface area (Å²) in [4.78, 5) is 0. The van der Waals surface area contributed by atoms with E-state index in [1.54, 1.807) is 0 Å². The molecule has 1 rings (SSSR count). The third-order valence-electron chi connectivity index (χ3n) is 3.39. The molecule has 0 bridgehead atoms. The summed E-state index contributed by atoms with van der Waals surface area (Å²) in [7, 11) is -3.49. The van der Waals surface area contributed by atoms with Gasteiger partial charge in [0.25, 0.3) is 0 Å². The van der Waals surface area contributed by atoms with Crippen molar-refractivity contribution in [2.45, 2.75) is 57.9 Å². The minimum atomic E-state index is -2.40. The van der Waals surface area contributed by atoms with Crippen LogP contribution in [0.4, 0.5) is 0 Å². The lowest BCUT2D eigenvalue weighted by Gasteiger charge is -2.30. The van der Waals surface area contributed by atoms with Crippen molar-refractivity contribution in [2.24, 2.45) is 0 Å². The maximum atomic E-state index is 5.98. The molecular formula is C12H28O3Si2. The van der Waals surface area contributed by atoms with Crippen LogP contribution in [-0.2, 0) is 13.3 Å². The zero-order valence-electron chi connectivity index (χ0n) is 12.2. The Morgan fingerprint density at radius 3 is 1.47 bits per heavy atom. The van der Waals surface area contributed by atoms with Crippen LogP contribution >= 0.6 is 0 Å². The summed E-state index contributed by atoms with van der Waals surface area (Å²) >= 11 is 0. The second-order valence-corrected chi connectivity index (χ2v) is 14.0. The van der Waals surface area contributed by atoms with Gasteiger partial charge in [-0.2, -0.15) is 0 Å². The minimum Gasteiger partial charge on any atom is -0.374 e. The van der Waals surface area contributed by atoms with Crippen molar-refractivity contribution in [3.8, 4) is 0 Å². The van der Waals surface area contributed by atoms with Crippen molar-refractivity contribution in [2.75, 3.05) is 19.8 Å². The summed E-state index contributed by atoms with van der Waals surface area (Å²) in [5, 5.41) is 0. The highest BCUT2D eigenvalue weighted by Gasteiger charge is 2.64. The first kappa shape index (κ1) is 15.4. The molecule has 1 fully saturated rings. The number of hydrogen-bond acceptors (Lipinski definition) is 3. The van der Waals surface area contributed by atoms with E-state index in [-0.39, 0.29) is 0 Å². The van der Waals surface area contributed by atoms with Gasteiger partial charge in [0.2, 0.25) is 0 Å². The van der Waals surface area contributed by atoms with E-state index >= 15 is 0 Å². The molecule has 102 valence electrons. The van der Waals surface area contributed by atoms with E-state index in [0.29, 0.717) is 25.4 Å². The molecule has 0 heterocycles. The highest BCUT2D eigenvalue weighted by molar-refractivity contribution is 6.81. The summed E-state index contributed by atoms with van der Waals surface area (Å²) in [6.07, 6.45) is 1.25. The zero-order valence-corrected chi connectivity index (χ0v) is 14.2. The average molecular weight is 277 g/mol. The fourth-order valence-electron chi connectivity index (χ4n) is 2.59. The molecule has 0 N–H and O–H groups in total. The van der Waals surface area contributed by atoms with Crippen molar-refractivity contribution in [3.63, 3.8) is 0 Å². The van der Waals surface area contributed by atoms with Gasteiger partial charge in [0.05, 0.1) is 0 Å². The van der Waals surface area contributed by atoms with E-state index in [0.717, 1.165) is 5.54 Å². The van der Waals surface area contributed by atoms with E-state index in [1.165, 1.54) is 6.42 Å². The van der Waals surface area contributed by atoms with E-state index in [4.69, 9.17) is 13.3 Å². The minimum absolute atomic E-state index is 0.564. The molecule has 0 radical (unpaired) electrons. The van der Waals surface area contributed by atoms with Gasteiger partial charge in [-0.15, -0.1) is 0 Å². The quantitative estimate of drug-likeness (QED) is 0.635. The first-order valence-electron chi connectivity index (χ1n) is 6.83. The van der Waals surface area contributed by atoms with Crippen LogP contribution in [0, 0.1) is 0 Å². The summed E-state index contributed by atoms with van der Waals surface area (Å²) in [6, 6.07) is 0. The third-order valence-corrected chi connectivity index (χ3v) is 10.2. The van der Waals surface area contributed by atoms with Crippen LogP contribution in [0.15, 0.2) is 0 Å². The van der Waals surface area contributed by atoms with Gasteiger partial charge < -0.3 is 13.3 Å². The SMILES string of the molecule is CCO[Si](OCC)(OCC)[C@H]1C[C@@H]1[Si](C)(C)C. The van der Waals surface area contributed by atoms with Gasteiger partial charge in [0, 0.05) is 33.4 Å². The van der Waals surface area contributed by atoms with Gasteiger partial charge >= 0.3 is 8.80 Å². The normalized spacial score (nSPS) is 25.1. The van der Waals surface area contributed by atoms with Gasteiger partial charge in [-0.3, -0.25) is 0 Å². The van der Waals surface area contributed by atoms with Crippen molar-refractivity contribution >= 4 is 16.9 Å². The van der Waals surface area contributed by atoms with E-state index in [9.17, 15) is 0 Å². The molecule has 1 saturated carbocycles. The second-order valence-electron chi connectivity index (χ2n) is 5.72.